The first-order valence-electron chi connectivity index (χ1n) is 10.9. The highest BCUT2D eigenvalue weighted by Gasteiger charge is 2.51. The Morgan fingerprint density at radius 3 is 2.50 bits per heavy atom. The zero-order valence-corrected chi connectivity index (χ0v) is 19.8. The first kappa shape index (κ1) is 22.4. The smallest absolute Gasteiger partial charge is 0.236 e. The van der Waals surface area contributed by atoms with Gasteiger partial charge in [-0.3, -0.25) is 4.79 Å². The third-order valence-corrected chi connectivity index (χ3v) is 7.58. The average molecular weight is 480 g/mol. The van der Waals surface area contributed by atoms with E-state index in [1.807, 2.05) is 54.6 Å². The van der Waals surface area contributed by atoms with E-state index in [1.54, 1.807) is 13.1 Å². The molecule has 8 nitrogen and oxygen atoms in total. The number of anilines is 1. The lowest BCUT2D eigenvalue weighted by atomic mass is 9.94. The number of ether oxygens (including phenoxy) is 2. The van der Waals surface area contributed by atoms with Crippen molar-refractivity contribution in [3.8, 4) is 22.8 Å². The Balaban J connectivity index is 1.30. The minimum absolute atomic E-state index is 0.0878. The first-order valence-corrected chi connectivity index (χ1v) is 12.8. The van der Waals surface area contributed by atoms with E-state index in [0.29, 0.717) is 29.6 Å². The molecule has 176 valence electrons. The molecule has 0 spiro atoms. The zero-order chi connectivity index (χ0) is 23.9. The summed E-state index contributed by atoms with van der Waals surface area (Å²) in [4.78, 5) is 17.8. The number of nitrogens with zero attached hydrogens (tertiary/aromatic N) is 2. The SMILES string of the molecule is CN(Cc1ccc(-c2cccc(NC(=O)C3(c4ccc5c(c4)OCO5)CC3)n2)cc1)S(C)(=O)=O. The van der Waals surface area contributed by atoms with Gasteiger partial charge in [0.15, 0.2) is 11.5 Å². The van der Waals surface area contributed by atoms with Crippen LogP contribution in [-0.2, 0) is 26.8 Å². The van der Waals surface area contributed by atoms with Gasteiger partial charge in [-0.15, -0.1) is 0 Å². The highest BCUT2D eigenvalue weighted by atomic mass is 32.2. The van der Waals surface area contributed by atoms with Gasteiger partial charge >= 0.3 is 0 Å². The van der Waals surface area contributed by atoms with Crippen LogP contribution in [0.3, 0.4) is 0 Å². The van der Waals surface area contributed by atoms with Gasteiger partial charge in [0.05, 0.1) is 17.4 Å². The van der Waals surface area contributed by atoms with Crippen LogP contribution in [0, 0.1) is 0 Å². The Morgan fingerprint density at radius 2 is 1.79 bits per heavy atom. The maximum atomic E-state index is 13.2. The molecular formula is C25H25N3O5S. The molecule has 1 fully saturated rings. The fraction of sp³-hybridized carbons (Fsp3) is 0.280. The van der Waals surface area contributed by atoms with E-state index < -0.39 is 15.4 Å². The predicted molar refractivity (Wildman–Crippen MR) is 128 cm³/mol. The van der Waals surface area contributed by atoms with Crippen molar-refractivity contribution in [2.24, 2.45) is 0 Å². The molecule has 1 amide bonds. The minimum Gasteiger partial charge on any atom is -0.454 e. The molecule has 1 saturated carbocycles. The summed E-state index contributed by atoms with van der Waals surface area (Å²) in [6, 6.07) is 18.7. The van der Waals surface area contributed by atoms with Crippen molar-refractivity contribution < 1.29 is 22.7 Å². The van der Waals surface area contributed by atoms with E-state index >= 15 is 0 Å². The number of aromatic nitrogens is 1. The summed E-state index contributed by atoms with van der Waals surface area (Å²) < 4.78 is 35.4. The second-order valence-electron chi connectivity index (χ2n) is 8.73. The van der Waals surface area contributed by atoms with E-state index in [1.165, 1.54) is 10.6 Å². The fourth-order valence-electron chi connectivity index (χ4n) is 4.02. The molecule has 2 aliphatic rings. The number of carbonyl (C=O) groups excluding carboxylic acids is 1. The van der Waals surface area contributed by atoms with E-state index in [2.05, 4.69) is 10.3 Å². The lowest BCUT2D eigenvalue weighted by Crippen LogP contribution is -2.28. The van der Waals surface area contributed by atoms with Crippen LogP contribution in [0.4, 0.5) is 5.82 Å². The van der Waals surface area contributed by atoms with Crippen LogP contribution in [0.5, 0.6) is 11.5 Å². The molecule has 1 aliphatic carbocycles. The van der Waals surface area contributed by atoms with E-state index in [0.717, 1.165) is 29.5 Å². The first-order chi connectivity index (χ1) is 16.2. The van der Waals surface area contributed by atoms with Gasteiger partial charge in [-0.1, -0.05) is 36.4 Å². The van der Waals surface area contributed by atoms with Gasteiger partial charge < -0.3 is 14.8 Å². The predicted octanol–water partition coefficient (Wildman–Crippen LogP) is 3.54. The minimum atomic E-state index is -3.24. The molecule has 3 aromatic rings. The van der Waals surface area contributed by atoms with Crippen LogP contribution in [-0.4, -0.2) is 43.7 Å². The number of sulfonamides is 1. The molecule has 5 rings (SSSR count). The van der Waals surface area contributed by atoms with Crippen LogP contribution < -0.4 is 14.8 Å². The molecule has 34 heavy (non-hydrogen) atoms. The van der Waals surface area contributed by atoms with Crippen molar-refractivity contribution in [2.75, 3.05) is 25.4 Å². The highest BCUT2D eigenvalue weighted by molar-refractivity contribution is 7.88. The van der Waals surface area contributed by atoms with Crippen molar-refractivity contribution in [3.63, 3.8) is 0 Å². The van der Waals surface area contributed by atoms with Gasteiger partial charge in [0.2, 0.25) is 22.7 Å². The van der Waals surface area contributed by atoms with Gasteiger partial charge in [0.25, 0.3) is 0 Å². The lowest BCUT2D eigenvalue weighted by molar-refractivity contribution is -0.118. The maximum Gasteiger partial charge on any atom is 0.236 e. The Hall–Kier alpha value is -3.43. The van der Waals surface area contributed by atoms with Crippen LogP contribution in [0.25, 0.3) is 11.3 Å². The molecule has 0 saturated heterocycles. The second kappa shape index (κ2) is 8.41. The zero-order valence-electron chi connectivity index (χ0n) is 18.9. The normalized spacial score (nSPS) is 15.9. The summed E-state index contributed by atoms with van der Waals surface area (Å²) in [5.74, 6) is 1.76. The fourth-order valence-corrected chi connectivity index (χ4v) is 4.41. The largest absolute Gasteiger partial charge is 0.454 e. The van der Waals surface area contributed by atoms with Crippen LogP contribution in [0.2, 0.25) is 0 Å². The third kappa shape index (κ3) is 4.36. The lowest BCUT2D eigenvalue weighted by Gasteiger charge is -2.16. The van der Waals surface area contributed by atoms with E-state index in [9.17, 15) is 13.2 Å². The van der Waals surface area contributed by atoms with Crippen molar-refractivity contribution in [2.45, 2.75) is 24.8 Å². The van der Waals surface area contributed by atoms with Crippen LogP contribution in [0.15, 0.2) is 60.7 Å². The monoisotopic (exact) mass is 479 g/mol. The number of pyridine rings is 1. The molecule has 2 heterocycles. The maximum absolute atomic E-state index is 13.2. The number of hydrogen-bond donors (Lipinski definition) is 1. The number of fused-ring (bicyclic) bond motifs is 1. The summed E-state index contributed by atoms with van der Waals surface area (Å²) >= 11 is 0. The Morgan fingerprint density at radius 1 is 1.06 bits per heavy atom. The summed E-state index contributed by atoms with van der Waals surface area (Å²) in [7, 11) is -1.69. The topological polar surface area (TPSA) is 97.8 Å². The molecule has 1 aromatic heterocycles. The Labute approximate surface area is 198 Å². The van der Waals surface area contributed by atoms with Crippen molar-refractivity contribution >= 4 is 21.7 Å². The quantitative estimate of drug-likeness (QED) is 0.557. The second-order valence-corrected chi connectivity index (χ2v) is 10.8. The number of carbonyl (C=O) groups is 1. The molecule has 0 bridgehead atoms. The number of amides is 1. The molecule has 0 atom stereocenters. The van der Waals surface area contributed by atoms with Gasteiger partial charge in [-0.2, -0.15) is 0 Å². The summed E-state index contributed by atoms with van der Waals surface area (Å²) in [5, 5.41) is 2.98. The Bertz CT molecular complexity index is 1350. The summed E-state index contributed by atoms with van der Waals surface area (Å²) in [6.45, 7) is 0.495. The number of benzene rings is 2. The highest BCUT2D eigenvalue weighted by Crippen LogP contribution is 2.51. The van der Waals surface area contributed by atoms with Gasteiger partial charge in [-0.25, -0.2) is 17.7 Å². The van der Waals surface area contributed by atoms with Crippen LogP contribution in [0.1, 0.15) is 24.0 Å². The summed E-state index contributed by atoms with van der Waals surface area (Å²) in [5.41, 5.74) is 2.81. The summed E-state index contributed by atoms with van der Waals surface area (Å²) in [6.07, 6.45) is 2.71. The van der Waals surface area contributed by atoms with Gasteiger partial charge in [-0.05, 0) is 48.2 Å². The molecular weight excluding hydrogens is 454 g/mol. The van der Waals surface area contributed by atoms with Crippen LogP contribution >= 0.6 is 0 Å². The molecule has 2 aromatic carbocycles. The molecule has 1 aliphatic heterocycles. The Kier molecular flexibility index (Phi) is 5.53. The molecule has 0 unspecified atom stereocenters. The van der Waals surface area contributed by atoms with Gasteiger partial charge in [0.1, 0.15) is 5.82 Å². The molecule has 1 N–H and O–H groups in total. The van der Waals surface area contributed by atoms with Crippen molar-refractivity contribution in [3.05, 3.63) is 71.8 Å². The number of nitrogens with one attached hydrogen (secondary N) is 1. The van der Waals surface area contributed by atoms with E-state index in [4.69, 9.17) is 9.47 Å². The van der Waals surface area contributed by atoms with Crippen molar-refractivity contribution in [1.29, 1.82) is 0 Å². The number of rotatable bonds is 7. The molecule has 9 heteroatoms. The van der Waals surface area contributed by atoms with Gasteiger partial charge in [0, 0.05) is 19.2 Å². The molecule has 0 radical (unpaired) electrons. The standard InChI is InChI=1S/C25H25N3O5S/c1-28(34(2,30)31)15-17-6-8-18(9-7-17)20-4-3-5-23(26-20)27-24(29)25(12-13-25)19-10-11-21-22(14-19)33-16-32-21/h3-11,14H,12-13,15-16H2,1-2H3,(H,26,27,29). The average Bonchev–Trinajstić information content (AvgIpc) is 3.50. The number of hydrogen-bond acceptors (Lipinski definition) is 6. The van der Waals surface area contributed by atoms with Crippen molar-refractivity contribution in [1.82, 2.24) is 9.29 Å². The third-order valence-electron chi connectivity index (χ3n) is 6.32. The van der Waals surface area contributed by atoms with E-state index in [-0.39, 0.29) is 12.7 Å².